The summed E-state index contributed by atoms with van der Waals surface area (Å²) in [6.07, 6.45) is 5.80. The predicted molar refractivity (Wildman–Crippen MR) is 65.6 cm³/mol. The maximum absolute atomic E-state index is 11.2. The van der Waals surface area contributed by atoms with Gasteiger partial charge in [0.05, 0.1) is 0 Å². The van der Waals surface area contributed by atoms with E-state index in [-0.39, 0.29) is 12.5 Å². The molecule has 0 saturated heterocycles. The largest absolute Gasteiger partial charge is 0.478 e. The van der Waals surface area contributed by atoms with Crippen LogP contribution in [0.3, 0.4) is 0 Å². The highest BCUT2D eigenvalue weighted by molar-refractivity contribution is 5.90. The van der Waals surface area contributed by atoms with Crippen LogP contribution in [-0.2, 0) is 4.79 Å². The fraction of sp³-hybridized carbons (Fsp3) is 0.214. The lowest BCUT2D eigenvalue weighted by Gasteiger charge is -2.12. The van der Waals surface area contributed by atoms with E-state index in [1.54, 1.807) is 6.08 Å². The third-order valence-electron chi connectivity index (χ3n) is 2.87. The van der Waals surface area contributed by atoms with E-state index in [9.17, 15) is 9.90 Å². The van der Waals surface area contributed by atoms with Gasteiger partial charge in [-0.25, -0.2) is 4.79 Å². The second-order valence-electron chi connectivity index (χ2n) is 3.94. The molecule has 2 rings (SSSR count). The molecule has 0 amide bonds. The van der Waals surface area contributed by atoms with Crippen molar-refractivity contribution in [3.8, 4) is 0 Å². The van der Waals surface area contributed by atoms with Gasteiger partial charge in [-0.05, 0) is 17.5 Å². The number of hydrogen-bond donors (Lipinski definition) is 2. The maximum Gasteiger partial charge on any atom is 0.332 e. The summed E-state index contributed by atoms with van der Waals surface area (Å²) in [5.74, 6) is -1.12. The molecule has 88 valence electrons. The highest BCUT2D eigenvalue weighted by Crippen LogP contribution is 2.35. The molecule has 0 heterocycles. The van der Waals surface area contributed by atoms with Crippen molar-refractivity contribution < 1.29 is 15.0 Å². The molecular weight excluding hydrogens is 216 g/mol. The zero-order valence-corrected chi connectivity index (χ0v) is 9.34. The van der Waals surface area contributed by atoms with E-state index in [4.69, 9.17) is 5.11 Å². The summed E-state index contributed by atoms with van der Waals surface area (Å²) in [7, 11) is 0. The van der Waals surface area contributed by atoms with Gasteiger partial charge in [0.1, 0.15) is 0 Å². The zero-order valence-electron chi connectivity index (χ0n) is 9.34. The molecule has 0 radical (unpaired) electrons. The zero-order chi connectivity index (χ0) is 12.3. The summed E-state index contributed by atoms with van der Waals surface area (Å²) in [4.78, 5) is 11.2. The Labute approximate surface area is 99.7 Å². The average Bonchev–Trinajstić information content (AvgIpc) is 2.73. The van der Waals surface area contributed by atoms with Gasteiger partial charge in [-0.15, -0.1) is 0 Å². The van der Waals surface area contributed by atoms with E-state index in [1.165, 1.54) is 0 Å². The first-order valence-corrected chi connectivity index (χ1v) is 5.55. The number of hydrogen-bond acceptors (Lipinski definition) is 2. The van der Waals surface area contributed by atoms with Gasteiger partial charge in [0.15, 0.2) is 0 Å². The summed E-state index contributed by atoms with van der Waals surface area (Å²) in [5.41, 5.74) is 2.41. The summed E-state index contributed by atoms with van der Waals surface area (Å²) in [6, 6.07) is 7.75. The first-order valence-electron chi connectivity index (χ1n) is 5.55. The van der Waals surface area contributed by atoms with Crippen LogP contribution in [0, 0.1) is 0 Å². The second-order valence-corrected chi connectivity index (χ2v) is 3.94. The van der Waals surface area contributed by atoms with Gasteiger partial charge in [-0.1, -0.05) is 42.5 Å². The summed E-state index contributed by atoms with van der Waals surface area (Å²) in [5, 5.41) is 18.0. The highest BCUT2D eigenvalue weighted by atomic mass is 16.4. The van der Waals surface area contributed by atoms with Gasteiger partial charge in [-0.2, -0.15) is 0 Å². The van der Waals surface area contributed by atoms with Crippen LogP contribution in [-0.4, -0.2) is 22.8 Å². The van der Waals surface area contributed by atoms with Gasteiger partial charge in [-0.3, -0.25) is 0 Å². The highest BCUT2D eigenvalue weighted by Gasteiger charge is 2.24. The number of aliphatic hydroxyl groups is 1. The summed E-state index contributed by atoms with van der Waals surface area (Å²) in [6.45, 7) is -0.0329. The molecule has 1 unspecified atom stereocenters. The molecule has 0 fully saturated rings. The molecule has 0 spiro atoms. The van der Waals surface area contributed by atoms with Crippen LogP contribution < -0.4 is 0 Å². The molecule has 0 saturated carbocycles. The van der Waals surface area contributed by atoms with E-state index in [0.29, 0.717) is 12.0 Å². The second kappa shape index (κ2) is 4.97. The summed E-state index contributed by atoms with van der Waals surface area (Å²) >= 11 is 0. The number of fused-ring (bicyclic) bond motifs is 1. The van der Waals surface area contributed by atoms with Crippen molar-refractivity contribution >= 4 is 12.0 Å². The van der Waals surface area contributed by atoms with Crippen LogP contribution in [0.5, 0.6) is 0 Å². The van der Waals surface area contributed by atoms with Crippen molar-refractivity contribution in [3.63, 3.8) is 0 Å². The van der Waals surface area contributed by atoms with Crippen molar-refractivity contribution in [2.75, 3.05) is 6.61 Å². The van der Waals surface area contributed by atoms with E-state index < -0.39 is 5.97 Å². The Kier molecular flexibility index (Phi) is 3.40. The number of aliphatic carboxylic acids is 1. The van der Waals surface area contributed by atoms with E-state index in [0.717, 1.165) is 11.1 Å². The lowest BCUT2D eigenvalue weighted by atomic mass is 9.92. The molecule has 1 aromatic rings. The number of rotatable bonds is 4. The molecule has 2 N–H and O–H groups in total. The molecule has 1 atom stereocenters. The third kappa shape index (κ3) is 2.29. The van der Waals surface area contributed by atoms with Gasteiger partial charge in [0.25, 0.3) is 0 Å². The number of carbonyl (C=O) groups is 1. The fourth-order valence-corrected chi connectivity index (χ4v) is 2.09. The van der Waals surface area contributed by atoms with Crippen LogP contribution in [0.25, 0.3) is 6.08 Å². The molecule has 1 aliphatic carbocycles. The number of carboxylic acid groups (broad SMARTS) is 1. The number of aliphatic hydroxyl groups excluding tert-OH is 1. The normalized spacial score (nSPS) is 18.2. The smallest absolute Gasteiger partial charge is 0.332 e. The monoisotopic (exact) mass is 230 g/mol. The van der Waals surface area contributed by atoms with E-state index in [1.807, 2.05) is 36.4 Å². The Bertz CT molecular complexity index is 486. The topological polar surface area (TPSA) is 57.5 Å². The minimum absolute atomic E-state index is 0.0329. The van der Waals surface area contributed by atoms with Crippen LogP contribution >= 0.6 is 0 Å². The lowest BCUT2D eigenvalue weighted by molar-refractivity contribution is -0.132. The maximum atomic E-state index is 11.2. The molecule has 17 heavy (non-hydrogen) atoms. The Hall–Kier alpha value is -1.87. The fourth-order valence-electron chi connectivity index (χ4n) is 2.09. The van der Waals surface area contributed by atoms with Gasteiger partial charge >= 0.3 is 5.97 Å². The van der Waals surface area contributed by atoms with Crippen LogP contribution in [0.4, 0.5) is 0 Å². The average molecular weight is 230 g/mol. The SMILES string of the molecule is O=C(O)C(=CCCO)C1C=Cc2ccccc21. The van der Waals surface area contributed by atoms with Crippen molar-refractivity contribution in [1.29, 1.82) is 0 Å². The quantitative estimate of drug-likeness (QED) is 0.779. The molecule has 0 bridgehead atoms. The van der Waals surface area contributed by atoms with E-state index >= 15 is 0 Å². The van der Waals surface area contributed by atoms with Gasteiger partial charge in [0.2, 0.25) is 0 Å². The number of allylic oxidation sites excluding steroid dienone is 1. The molecule has 3 nitrogen and oxygen atoms in total. The van der Waals surface area contributed by atoms with Gasteiger partial charge in [0, 0.05) is 18.1 Å². The van der Waals surface area contributed by atoms with Crippen molar-refractivity contribution in [2.45, 2.75) is 12.3 Å². The third-order valence-corrected chi connectivity index (χ3v) is 2.87. The molecule has 3 heteroatoms. The Morgan fingerprint density at radius 2 is 2.12 bits per heavy atom. The molecule has 0 aromatic heterocycles. The van der Waals surface area contributed by atoms with Gasteiger partial charge < -0.3 is 10.2 Å². The molecule has 1 aromatic carbocycles. The molecule has 0 aliphatic heterocycles. The Balaban J connectivity index is 2.35. The standard InChI is InChI=1S/C14H14O3/c15-9-3-6-13(14(16)17)12-8-7-10-4-1-2-5-11(10)12/h1-2,4-8,12,15H,3,9H2,(H,16,17). The Morgan fingerprint density at radius 3 is 2.82 bits per heavy atom. The molecular formula is C14H14O3. The Morgan fingerprint density at radius 1 is 1.35 bits per heavy atom. The number of benzene rings is 1. The number of carboxylic acids is 1. The molecule has 1 aliphatic rings. The van der Waals surface area contributed by atoms with Crippen LogP contribution in [0.1, 0.15) is 23.5 Å². The first-order chi connectivity index (χ1) is 8.24. The van der Waals surface area contributed by atoms with Crippen LogP contribution in [0.2, 0.25) is 0 Å². The van der Waals surface area contributed by atoms with Crippen molar-refractivity contribution in [2.24, 2.45) is 0 Å². The van der Waals surface area contributed by atoms with Crippen molar-refractivity contribution in [3.05, 3.63) is 53.1 Å². The minimum Gasteiger partial charge on any atom is -0.478 e. The van der Waals surface area contributed by atoms with E-state index in [2.05, 4.69) is 0 Å². The first kappa shape index (κ1) is 11.6. The van der Waals surface area contributed by atoms with Crippen molar-refractivity contribution in [1.82, 2.24) is 0 Å². The summed E-state index contributed by atoms with van der Waals surface area (Å²) < 4.78 is 0. The predicted octanol–water partition coefficient (Wildman–Crippen LogP) is 2.19. The lowest BCUT2D eigenvalue weighted by Crippen LogP contribution is -2.09. The van der Waals surface area contributed by atoms with Crippen LogP contribution in [0.15, 0.2) is 42.0 Å². The minimum atomic E-state index is -0.926.